The number of halogens is 2. The molecule has 0 aromatic heterocycles. The van der Waals surface area contributed by atoms with Gasteiger partial charge >= 0.3 is 0 Å². The SMILES string of the molecule is Br.C[N+](C)(C)CCO.Cl. The molecule has 60 valence electrons. The minimum Gasteiger partial charge on any atom is -0.391 e. The van der Waals surface area contributed by atoms with Crippen molar-refractivity contribution in [1.29, 1.82) is 0 Å². The number of nitrogens with zero attached hydrogens (tertiary/aromatic N) is 1. The Balaban J connectivity index is -0.000000180. The summed E-state index contributed by atoms with van der Waals surface area (Å²) >= 11 is 0. The first-order valence-electron chi connectivity index (χ1n) is 2.47. The Morgan fingerprint density at radius 3 is 1.56 bits per heavy atom. The maximum Gasteiger partial charge on any atom is 0.101 e. The van der Waals surface area contributed by atoms with Crippen LogP contribution in [0.3, 0.4) is 0 Å². The first-order chi connectivity index (χ1) is 3.06. The summed E-state index contributed by atoms with van der Waals surface area (Å²) in [6, 6.07) is 0. The predicted octanol–water partition coefficient (Wildman–Crippen LogP) is 0.685. The highest BCUT2D eigenvalue weighted by molar-refractivity contribution is 8.93. The van der Waals surface area contributed by atoms with Crippen molar-refractivity contribution >= 4 is 29.4 Å². The van der Waals surface area contributed by atoms with E-state index in [0.717, 1.165) is 11.0 Å². The predicted molar refractivity (Wildman–Crippen MR) is 47.6 cm³/mol. The van der Waals surface area contributed by atoms with Gasteiger partial charge in [-0.1, -0.05) is 0 Å². The van der Waals surface area contributed by atoms with Gasteiger partial charge in [0.25, 0.3) is 0 Å². The normalized spacial score (nSPS) is 9.33. The Bertz CT molecular complexity index is 55.4. The van der Waals surface area contributed by atoms with Gasteiger partial charge < -0.3 is 9.59 Å². The van der Waals surface area contributed by atoms with Gasteiger partial charge in [-0.2, -0.15) is 0 Å². The molecule has 0 aliphatic heterocycles. The van der Waals surface area contributed by atoms with Crippen LogP contribution in [0.15, 0.2) is 0 Å². The summed E-state index contributed by atoms with van der Waals surface area (Å²) in [5.74, 6) is 0. The van der Waals surface area contributed by atoms with Crippen LogP contribution in [0.1, 0.15) is 0 Å². The molecule has 0 bridgehead atoms. The topological polar surface area (TPSA) is 20.2 Å². The number of rotatable bonds is 2. The fourth-order valence-corrected chi connectivity index (χ4v) is 0.300. The summed E-state index contributed by atoms with van der Waals surface area (Å²) in [6.45, 7) is 1.11. The molecule has 0 aromatic rings. The third-order valence-electron chi connectivity index (χ3n) is 0.771. The van der Waals surface area contributed by atoms with E-state index in [1.807, 2.05) is 0 Å². The lowest BCUT2D eigenvalue weighted by molar-refractivity contribution is -0.870. The molecule has 0 aliphatic carbocycles. The van der Waals surface area contributed by atoms with Crippen molar-refractivity contribution in [3.63, 3.8) is 0 Å². The van der Waals surface area contributed by atoms with E-state index in [0.29, 0.717) is 0 Å². The Kier molecular flexibility index (Phi) is 12.4. The Labute approximate surface area is 73.6 Å². The van der Waals surface area contributed by atoms with E-state index < -0.39 is 0 Å². The first-order valence-corrected chi connectivity index (χ1v) is 2.47. The molecular formula is C5H16BrClNO+. The quantitative estimate of drug-likeness (QED) is 0.680. The van der Waals surface area contributed by atoms with E-state index in [1.165, 1.54) is 0 Å². The van der Waals surface area contributed by atoms with Crippen molar-refractivity contribution in [2.24, 2.45) is 0 Å². The number of aliphatic hydroxyl groups excluding tert-OH is 1. The third-order valence-corrected chi connectivity index (χ3v) is 0.771. The second-order valence-electron chi connectivity index (χ2n) is 2.74. The molecule has 0 aromatic carbocycles. The van der Waals surface area contributed by atoms with E-state index in [2.05, 4.69) is 21.1 Å². The molecule has 0 fully saturated rings. The largest absolute Gasteiger partial charge is 0.391 e. The van der Waals surface area contributed by atoms with Crippen LogP contribution in [0.4, 0.5) is 0 Å². The monoisotopic (exact) mass is 220 g/mol. The molecule has 0 aliphatic rings. The van der Waals surface area contributed by atoms with Crippen LogP contribution in [0.5, 0.6) is 0 Å². The van der Waals surface area contributed by atoms with Crippen LogP contribution >= 0.6 is 29.4 Å². The van der Waals surface area contributed by atoms with Crippen molar-refractivity contribution < 1.29 is 9.59 Å². The lowest BCUT2D eigenvalue weighted by atomic mass is 10.5. The first kappa shape index (κ1) is 16.3. The number of quaternary nitrogens is 1. The molecule has 4 heteroatoms. The number of hydrogen-bond acceptors (Lipinski definition) is 1. The number of likely N-dealkylation sites (N-methyl/N-ethyl adjacent to an activating group) is 1. The minimum absolute atomic E-state index is 0. The highest BCUT2D eigenvalue weighted by Crippen LogP contribution is 1.84. The summed E-state index contributed by atoms with van der Waals surface area (Å²) in [5.41, 5.74) is 0. The van der Waals surface area contributed by atoms with Crippen molar-refractivity contribution in [3.05, 3.63) is 0 Å². The Morgan fingerprint density at radius 2 is 1.56 bits per heavy atom. The van der Waals surface area contributed by atoms with E-state index >= 15 is 0 Å². The molecule has 1 N–H and O–H groups in total. The van der Waals surface area contributed by atoms with Crippen LogP contribution in [0.25, 0.3) is 0 Å². The van der Waals surface area contributed by atoms with E-state index in [1.54, 1.807) is 0 Å². The molecule has 0 amide bonds. The molecule has 2 nitrogen and oxygen atoms in total. The number of hydrogen-bond donors (Lipinski definition) is 1. The molecule has 0 atom stereocenters. The molecule has 0 saturated heterocycles. The summed E-state index contributed by atoms with van der Waals surface area (Å²) in [7, 11) is 6.16. The van der Waals surface area contributed by atoms with Gasteiger partial charge in [0.05, 0.1) is 27.7 Å². The zero-order chi connectivity index (χ0) is 5.91. The lowest BCUT2D eigenvalue weighted by Gasteiger charge is -2.21. The van der Waals surface area contributed by atoms with E-state index in [-0.39, 0.29) is 36.0 Å². The molecule has 0 radical (unpaired) electrons. The Morgan fingerprint density at radius 1 is 1.22 bits per heavy atom. The van der Waals surface area contributed by atoms with Crippen molar-refractivity contribution in [1.82, 2.24) is 0 Å². The molecule has 0 rings (SSSR count). The second kappa shape index (κ2) is 6.81. The highest BCUT2D eigenvalue weighted by Gasteiger charge is 2.02. The maximum atomic E-state index is 8.39. The van der Waals surface area contributed by atoms with Gasteiger partial charge in [-0.3, -0.25) is 0 Å². The van der Waals surface area contributed by atoms with Gasteiger partial charge in [0.1, 0.15) is 6.54 Å². The van der Waals surface area contributed by atoms with Gasteiger partial charge in [-0.25, -0.2) is 0 Å². The summed E-state index contributed by atoms with van der Waals surface area (Å²) < 4.78 is 0.844. The zero-order valence-corrected chi connectivity index (χ0v) is 8.65. The Hall–Kier alpha value is 0.690. The van der Waals surface area contributed by atoms with Crippen LogP contribution in [-0.4, -0.2) is 43.9 Å². The van der Waals surface area contributed by atoms with Crippen LogP contribution in [-0.2, 0) is 0 Å². The van der Waals surface area contributed by atoms with Gasteiger partial charge in [0.2, 0.25) is 0 Å². The summed E-state index contributed by atoms with van der Waals surface area (Å²) in [6.07, 6.45) is 0. The zero-order valence-electron chi connectivity index (χ0n) is 6.13. The average molecular weight is 222 g/mol. The summed E-state index contributed by atoms with van der Waals surface area (Å²) in [5, 5.41) is 8.39. The van der Waals surface area contributed by atoms with Crippen LogP contribution in [0.2, 0.25) is 0 Å². The van der Waals surface area contributed by atoms with Gasteiger partial charge in [0.15, 0.2) is 0 Å². The number of aliphatic hydroxyl groups is 1. The fourth-order valence-electron chi connectivity index (χ4n) is 0.300. The average Bonchev–Trinajstić information content (AvgIpc) is 1.30. The highest BCUT2D eigenvalue weighted by atomic mass is 79.9. The molecule has 0 unspecified atom stereocenters. The van der Waals surface area contributed by atoms with Crippen LogP contribution in [0, 0.1) is 0 Å². The molecule has 9 heavy (non-hydrogen) atoms. The molecule has 0 saturated carbocycles. The molecular weight excluding hydrogens is 205 g/mol. The smallest absolute Gasteiger partial charge is 0.101 e. The molecule has 0 heterocycles. The van der Waals surface area contributed by atoms with E-state index in [4.69, 9.17) is 5.11 Å². The molecule has 0 spiro atoms. The standard InChI is InChI=1S/C5H14NO.BrH.ClH/c1-6(2,3)4-5-7;;/h7H,4-5H2,1-3H3;2*1H/q+1;;. The van der Waals surface area contributed by atoms with Gasteiger partial charge in [-0.15, -0.1) is 29.4 Å². The van der Waals surface area contributed by atoms with Crippen molar-refractivity contribution in [2.45, 2.75) is 0 Å². The van der Waals surface area contributed by atoms with Gasteiger partial charge in [0, 0.05) is 0 Å². The minimum atomic E-state index is 0. The van der Waals surface area contributed by atoms with Crippen LogP contribution < -0.4 is 0 Å². The third kappa shape index (κ3) is 17.7. The van der Waals surface area contributed by atoms with Crippen molar-refractivity contribution in [2.75, 3.05) is 34.3 Å². The summed E-state index contributed by atoms with van der Waals surface area (Å²) in [4.78, 5) is 0. The second-order valence-corrected chi connectivity index (χ2v) is 2.74. The van der Waals surface area contributed by atoms with Crippen molar-refractivity contribution in [3.8, 4) is 0 Å². The van der Waals surface area contributed by atoms with E-state index in [9.17, 15) is 0 Å². The maximum absolute atomic E-state index is 8.39. The lowest BCUT2D eigenvalue weighted by Crippen LogP contribution is -2.36. The fraction of sp³-hybridized carbons (Fsp3) is 1.00. The van der Waals surface area contributed by atoms with Gasteiger partial charge in [-0.05, 0) is 0 Å².